The molecule has 2 N–H and O–H groups in total. The van der Waals surface area contributed by atoms with Gasteiger partial charge in [0.1, 0.15) is 0 Å². The predicted octanol–water partition coefficient (Wildman–Crippen LogP) is 5.87. The highest BCUT2D eigenvalue weighted by Crippen LogP contribution is 2.68. The first-order valence-corrected chi connectivity index (χ1v) is 11.8. The van der Waals surface area contributed by atoms with Gasteiger partial charge in [0.2, 0.25) is 0 Å². The second-order valence-corrected chi connectivity index (χ2v) is 11.1. The van der Waals surface area contributed by atoms with E-state index in [9.17, 15) is 4.79 Å². The molecule has 4 saturated carbocycles. The fourth-order valence-corrected chi connectivity index (χ4v) is 8.88. The molecule has 0 amide bonds. The van der Waals surface area contributed by atoms with Crippen LogP contribution in [0.5, 0.6) is 0 Å². The highest BCUT2D eigenvalue weighted by Gasteiger charge is 2.60. The Labute approximate surface area is 166 Å². The van der Waals surface area contributed by atoms with Crippen molar-refractivity contribution in [1.29, 1.82) is 0 Å². The summed E-state index contributed by atoms with van der Waals surface area (Å²) >= 11 is 0. The molecule has 8 atom stereocenters. The molecule has 4 aliphatic carbocycles. The van der Waals surface area contributed by atoms with Gasteiger partial charge in [0.05, 0.1) is 0 Å². The van der Waals surface area contributed by atoms with Gasteiger partial charge in [0, 0.05) is 6.42 Å². The molecule has 0 bridgehead atoms. The smallest absolute Gasteiger partial charge is 0.324 e. The number of carbonyl (C=O) groups excluding carboxylic acids is 1. The van der Waals surface area contributed by atoms with Crippen LogP contribution < -0.4 is 5.90 Å². The zero-order valence-corrected chi connectivity index (χ0v) is 17.8. The van der Waals surface area contributed by atoms with Crippen LogP contribution >= 0.6 is 0 Å². The number of rotatable bonds is 4. The van der Waals surface area contributed by atoms with Crippen molar-refractivity contribution in [2.75, 3.05) is 0 Å². The lowest BCUT2D eigenvalue weighted by atomic mass is 9.44. The van der Waals surface area contributed by atoms with Gasteiger partial charge in [0.15, 0.2) is 0 Å². The molecular formula is C24H41NO2. The zero-order valence-electron chi connectivity index (χ0n) is 17.8. The number of hydrogen-bond donors (Lipinski definition) is 1. The maximum Gasteiger partial charge on any atom is 0.324 e. The van der Waals surface area contributed by atoms with Gasteiger partial charge in [-0.3, -0.25) is 4.79 Å². The lowest BCUT2D eigenvalue weighted by Crippen LogP contribution is -2.53. The Balaban J connectivity index is 1.49. The minimum atomic E-state index is -0.256. The molecule has 154 valence electrons. The summed E-state index contributed by atoms with van der Waals surface area (Å²) in [5.74, 6) is 10.0. The van der Waals surface area contributed by atoms with E-state index in [0.717, 1.165) is 36.0 Å². The van der Waals surface area contributed by atoms with Crippen LogP contribution in [0.15, 0.2) is 0 Å². The van der Waals surface area contributed by atoms with Crippen molar-refractivity contribution in [3.63, 3.8) is 0 Å². The quantitative estimate of drug-likeness (QED) is 0.625. The van der Waals surface area contributed by atoms with Crippen molar-refractivity contribution in [1.82, 2.24) is 0 Å². The van der Waals surface area contributed by atoms with Crippen LogP contribution in [0, 0.1) is 46.3 Å². The van der Waals surface area contributed by atoms with Crippen LogP contribution in [0.3, 0.4) is 0 Å². The third-order valence-electron chi connectivity index (χ3n) is 10.3. The summed E-state index contributed by atoms with van der Waals surface area (Å²) in [6.45, 7) is 7.65. The fourth-order valence-electron chi connectivity index (χ4n) is 8.88. The maximum atomic E-state index is 11.5. The summed E-state index contributed by atoms with van der Waals surface area (Å²) in [5.41, 5.74) is 1.13. The number of nitrogens with two attached hydrogens (primary N) is 1. The van der Waals surface area contributed by atoms with Crippen molar-refractivity contribution in [3.05, 3.63) is 0 Å². The molecule has 3 nitrogen and oxygen atoms in total. The molecule has 4 aliphatic rings. The average Bonchev–Trinajstić information content (AvgIpc) is 3.02. The normalized spacial score (nSPS) is 47.5. The van der Waals surface area contributed by atoms with Crippen molar-refractivity contribution in [2.24, 2.45) is 52.2 Å². The molecule has 0 saturated heterocycles. The minimum Gasteiger partial charge on any atom is -0.373 e. The van der Waals surface area contributed by atoms with E-state index in [1.54, 1.807) is 0 Å². The van der Waals surface area contributed by atoms with Gasteiger partial charge in [-0.1, -0.05) is 33.6 Å². The summed E-state index contributed by atoms with van der Waals surface area (Å²) in [5, 5.41) is 0. The van der Waals surface area contributed by atoms with Crippen molar-refractivity contribution >= 4 is 5.97 Å². The van der Waals surface area contributed by atoms with Crippen molar-refractivity contribution in [3.8, 4) is 0 Å². The van der Waals surface area contributed by atoms with Crippen molar-refractivity contribution < 1.29 is 9.63 Å². The number of carbonyl (C=O) groups is 1. The highest BCUT2D eigenvalue weighted by molar-refractivity contribution is 5.68. The molecule has 4 fully saturated rings. The lowest BCUT2D eigenvalue weighted by molar-refractivity contribution is -0.144. The van der Waals surface area contributed by atoms with E-state index in [4.69, 9.17) is 5.90 Å². The van der Waals surface area contributed by atoms with Gasteiger partial charge in [-0.25, -0.2) is 0 Å². The molecule has 0 heterocycles. The molecule has 0 unspecified atom stereocenters. The van der Waals surface area contributed by atoms with Gasteiger partial charge < -0.3 is 4.84 Å². The molecule has 4 rings (SSSR count). The van der Waals surface area contributed by atoms with Crippen LogP contribution in [0.1, 0.15) is 97.8 Å². The first-order valence-electron chi connectivity index (χ1n) is 11.8. The summed E-state index contributed by atoms with van der Waals surface area (Å²) in [6, 6.07) is 0. The second-order valence-electron chi connectivity index (χ2n) is 11.1. The Kier molecular flexibility index (Phi) is 5.37. The Hall–Kier alpha value is -0.570. The van der Waals surface area contributed by atoms with Crippen molar-refractivity contribution in [2.45, 2.75) is 97.8 Å². The Morgan fingerprint density at radius 2 is 1.78 bits per heavy atom. The van der Waals surface area contributed by atoms with Crippen LogP contribution in [-0.4, -0.2) is 5.97 Å². The van der Waals surface area contributed by atoms with Crippen LogP contribution in [0.25, 0.3) is 0 Å². The van der Waals surface area contributed by atoms with Gasteiger partial charge in [0.25, 0.3) is 0 Å². The molecule has 0 aromatic carbocycles. The SMILES string of the molecule is C[C@H](CCC(=O)ON)[C@H]1CC[C@H]2[C@@H]3CC[C@@H]4CCCC[C@]4(C)[C@H]3CC[C@]12C. The third-order valence-corrected chi connectivity index (χ3v) is 10.3. The Morgan fingerprint density at radius 1 is 1.00 bits per heavy atom. The van der Waals surface area contributed by atoms with E-state index < -0.39 is 0 Å². The first kappa shape index (κ1) is 19.7. The molecule has 27 heavy (non-hydrogen) atoms. The molecular weight excluding hydrogens is 334 g/mol. The largest absolute Gasteiger partial charge is 0.373 e. The van der Waals surface area contributed by atoms with E-state index in [1.165, 1.54) is 64.2 Å². The predicted molar refractivity (Wildman–Crippen MR) is 109 cm³/mol. The van der Waals surface area contributed by atoms with Gasteiger partial charge in [-0.05, 0) is 104 Å². The minimum absolute atomic E-state index is 0.256. The van der Waals surface area contributed by atoms with E-state index in [-0.39, 0.29) is 5.97 Å². The number of hydrogen-bond acceptors (Lipinski definition) is 3. The Bertz CT molecular complexity index is 563. The topological polar surface area (TPSA) is 52.3 Å². The second kappa shape index (κ2) is 7.35. The third kappa shape index (κ3) is 3.16. The fraction of sp³-hybridized carbons (Fsp3) is 0.958. The van der Waals surface area contributed by atoms with Gasteiger partial charge >= 0.3 is 5.97 Å². The van der Waals surface area contributed by atoms with Crippen LogP contribution in [0.4, 0.5) is 0 Å². The monoisotopic (exact) mass is 375 g/mol. The van der Waals surface area contributed by atoms with Crippen LogP contribution in [0.2, 0.25) is 0 Å². The molecule has 0 aromatic rings. The Morgan fingerprint density at radius 3 is 2.56 bits per heavy atom. The maximum absolute atomic E-state index is 11.5. The summed E-state index contributed by atoms with van der Waals surface area (Å²) in [7, 11) is 0. The molecule has 0 radical (unpaired) electrons. The van der Waals surface area contributed by atoms with Crippen LogP contribution in [-0.2, 0) is 9.63 Å². The standard InChI is InChI=1S/C24H41NO2/c1-16(7-12-22(26)27-25)19-10-11-20-18-9-8-17-6-4-5-14-23(17,2)21(18)13-15-24(19,20)3/h16-21H,4-15,25H2,1-3H3/t16-,17+,18+,19-,20+,21+,23+,24-/m1/s1. The van der Waals surface area contributed by atoms with Gasteiger partial charge in [-0.2, -0.15) is 5.90 Å². The molecule has 0 spiro atoms. The zero-order chi connectivity index (χ0) is 19.2. The van der Waals surface area contributed by atoms with E-state index in [2.05, 4.69) is 25.6 Å². The van der Waals surface area contributed by atoms with Gasteiger partial charge in [-0.15, -0.1) is 0 Å². The molecule has 0 aliphatic heterocycles. The lowest BCUT2D eigenvalue weighted by Gasteiger charge is -2.61. The molecule has 3 heteroatoms. The summed E-state index contributed by atoms with van der Waals surface area (Å²) < 4.78 is 0. The summed E-state index contributed by atoms with van der Waals surface area (Å²) in [4.78, 5) is 15.9. The van der Waals surface area contributed by atoms with E-state index >= 15 is 0 Å². The van der Waals surface area contributed by atoms with E-state index in [1.807, 2.05) is 0 Å². The highest BCUT2D eigenvalue weighted by atomic mass is 16.7. The number of fused-ring (bicyclic) bond motifs is 5. The summed E-state index contributed by atoms with van der Waals surface area (Å²) in [6.07, 6.45) is 16.0. The van der Waals surface area contributed by atoms with E-state index in [0.29, 0.717) is 23.2 Å². The molecule has 0 aromatic heterocycles. The average molecular weight is 376 g/mol. The first-order chi connectivity index (χ1) is 12.9.